The third kappa shape index (κ3) is 3.10. The molecular formula is C12H18N4O2. The van der Waals surface area contributed by atoms with Gasteiger partial charge in [0.15, 0.2) is 0 Å². The SMILES string of the molecule is Nc1cc([N+](=O)[O-])ccc1NCCN1CCCC1. The molecule has 0 spiro atoms. The third-order valence-corrected chi connectivity index (χ3v) is 3.19. The minimum atomic E-state index is -0.440. The van der Waals surface area contributed by atoms with E-state index in [2.05, 4.69) is 10.2 Å². The molecule has 1 heterocycles. The van der Waals surface area contributed by atoms with Gasteiger partial charge in [0, 0.05) is 25.2 Å². The van der Waals surface area contributed by atoms with Crippen LogP contribution in [-0.2, 0) is 0 Å². The summed E-state index contributed by atoms with van der Waals surface area (Å²) in [6, 6.07) is 4.52. The standard InChI is InChI=1S/C12H18N4O2/c13-11-9-10(16(17)18)3-4-12(11)14-5-8-15-6-1-2-7-15/h3-4,9,14H,1-2,5-8,13H2. The first-order chi connectivity index (χ1) is 8.66. The number of non-ortho nitro benzene ring substituents is 1. The number of nitrogens with one attached hydrogen (secondary N) is 1. The highest BCUT2D eigenvalue weighted by Gasteiger charge is 2.11. The molecule has 0 unspecified atom stereocenters. The van der Waals surface area contributed by atoms with E-state index in [1.807, 2.05) is 0 Å². The maximum Gasteiger partial charge on any atom is 0.271 e. The molecule has 3 N–H and O–H groups in total. The molecule has 0 amide bonds. The fraction of sp³-hybridized carbons (Fsp3) is 0.500. The molecule has 0 aliphatic carbocycles. The summed E-state index contributed by atoms with van der Waals surface area (Å²) in [6.45, 7) is 4.12. The molecule has 0 aromatic heterocycles. The first kappa shape index (κ1) is 12.6. The van der Waals surface area contributed by atoms with Crippen LogP contribution in [0.1, 0.15) is 12.8 Å². The minimum absolute atomic E-state index is 0.0255. The Morgan fingerprint density at radius 1 is 1.39 bits per heavy atom. The van der Waals surface area contributed by atoms with Gasteiger partial charge < -0.3 is 16.0 Å². The van der Waals surface area contributed by atoms with Crippen molar-refractivity contribution < 1.29 is 4.92 Å². The smallest absolute Gasteiger partial charge is 0.271 e. The lowest BCUT2D eigenvalue weighted by Gasteiger charge is -2.16. The molecule has 6 heteroatoms. The molecular weight excluding hydrogens is 232 g/mol. The summed E-state index contributed by atoms with van der Waals surface area (Å²) in [5.41, 5.74) is 6.98. The molecule has 2 rings (SSSR count). The predicted molar refractivity (Wildman–Crippen MR) is 71.7 cm³/mol. The Kier molecular flexibility index (Phi) is 3.99. The van der Waals surface area contributed by atoms with Crippen molar-refractivity contribution in [2.75, 3.05) is 37.2 Å². The molecule has 0 atom stereocenters. The average Bonchev–Trinajstić information content (AvgIpc) is 2.84. The van der Waals surface area contributed by atoms with Gasteiger partial charge in [-0.05, 0) is 32.0 Å². The number of benzene rings is 1. The monoisotopic (exact) mass is 250 g/mol. The van der Waals surface area contributed by atoms with E-state index in [0.717, 1.165) is 31.9 Å². The first-order valence-electron chi connectivity index (χ1n) is 6.17. The quantitative estimate of drug-likeness (QED) is 0.472. The van der Waals surface area contributed by atoms with Crippen molar-refractivity contribution in [1.82, 2.24) is 4.90 Å². The van der Waals surface area contributed by atoms with E-state index < -0.39 is 4.92 Å². The van der Waals surface area contributed by atoms with Crippen molar-refractivity contribution in [2.24, 2.45) is 0 Å². The number of nitro groups is 1. The van der Waals surface area contributed by atoms with Crippen LogP contribution < -0.4 is 11.1 Å². The molecule has 1 saturated heterocycles. The molecule has 0 radical (unpaired) electrons. The van der Waals surface area contributed by atoms with Gasteiger partial charge in [-0.2, -0.15) is 0 Å². The van der Waals surface area contributed by atoms with E-state index in [1.165, 1.54) is 25.0 Å². The van der Waals surface area contributed by atoms with Crippen LogP contribution in [0, 0.1) is 10.1 Å². The van der Waals surface area contributed by atoms with E-state index in [-0.39, 0.29) is 5.69 Å². The summed E-state index contributed by atoms with van der Waals surface area (Å²) in [4.78, 5) is 12.5. The Morgan fingerprint density at radius 3 is 2.72 bits per heavy atom. The number of rotatable bonds is 5. The summed E-state index contributed by atoms with van der Waals surface area (Å²) in [5.74, 6) is 0. The highest BCUT2D eigenvalue weighted by atomic mass is 16.6. The van der Waals surface area contributed by atoms with Crippen LogP contribution in [0.5, 0.6) is 0 Å². The number of nitro benzene ring substituents is 1. The molecule has 6 nitrogen and oxygen atoms in total. The van der Waals surface area contributed by atoms with E-state index in [0.29, 0.717) is 5.69 Å². The van der Waals surface area contributed by atoms with Crippen molar-refractivity contribution in [3.8, 4) is 0 Å². The zero-order valence-corrected chi connectivity index (χ0v) is 10.3. The van der Waals surface area contributed by atoms with E-state index in [9.17, 15) is 10.1 Å². The molecule has 0 bridgehead atoms. The molecule has 1 fully saturated rings. The van der Waals surface area contributed by atoms with Crippen molar-refractivity contribution in [3.63, 3.8) is 0 Å². The Labute approximate surface area is 106 Å². The molecule has 1 aliphatic heterocycles. The Morgan fingerprint density at radius 2 is 2.11 bits per heavy atom. The molecule has 1 aromatic rings. The van der Waals surface area contributed by atoms with Crippen LogP contribution in [0.15, 0.2) is 18.2 Å². The van der Waals surface area contributed by atoms with Gasteiger partial charge in [-0.25, -0.2) is 0 Å². The second-order valence-corrected chi connectivity index (χ2v) is 4.50. The van der Waals surface area contributed by atoms with E-state index in [4.69, 9.17) is 5.73 Å². The van der Waals surface area contributed by atoms with Crippen LogP contribution in [0.25, 0.3) is 0 Å². The maximum absolute atomic E-state index is 10.6. The lowest BCUT2D eigenvalue weighted by atomic mass is 10.2. The molecule has 98 valence electrons. The zero-order valence-electron chi connectivity index (χ0n) is 10.3. The number of nitrogens with zero attached hydrogens (tertiary/aromatic N) is 2. The second kappa shape index (κ2) is 5.68. The van der Waals surface area contributed by atoms with Crippen molar-refractivity contribution in [2.45, 2.75) is 12.8 Å². The van der Waals surface area contributed by atoms with Crippen molar-refractivity contribution in [1.29, 1.82) is 0 Å². The fourth-order valence-corrected chi connectivity index (χ4v) is 2.18. The lowest BCUT2D eigenvalue weighted by Crippen LogP contribution is -2.26. The Bertz CT molecular complexity index is 430. The largest absolute Gasteiger partial charge is 0.397 e. The van der Waals surface area contributed by atoms with Crippen LogP contribution in [0.4, 0.5) is 17.1 Å². The molecule has 18 heavy (non-hydrogen) atoms. The molecule has 1 aliphatic rings. The number of likely N-dealkylation sites (tertiary alicyclic amines) is 1. The Balaban J connectivity index is 1.87. The number of hydrogen-bond acceptors (Lipinski definition) is 5. The van der Waals surface area contributed by atoms with E-state index in [1.54, 1.807) is 6.07 Å². The number of nitrogens with two attached hydrogens (primary N) is 1. The lowest BCUT2D eigenvalue weighted by molar-refractivity contribution is -0.384. The maximum atomic E-state index is 10.6. The van der Waals surface area contributed by atoms with Gasteiger partial charge in [0.2, 0.25) is 0 Å². The van der Waals surface area contributed by atoms with Crippen LogP contribution in [0.3, 0.4) is 0 Å². The average molecular weight is 250 g/mol. The third-order valence-electron chi connectivity index (χ3n) is 3.19. The second-order valence-electron chi connectivity index (χ2n) is 4.50. The highest BCUT2D eigenvalue weighted by Crippen LogP contribution is 2.23. The van der Waals surface area contributed by atoms with Crippen LogP contribution in [0.2, 0.25) is 0 Å². The zero-order chi connectivity index (χ0) is 13.0. The molecule has 0 saturated carbocycles. The van der Waals surface area contributed by atoms with Crippen LogP contribution >= 0.6 is 0 Å². The van der Waals surface area contributed by atoms with Gasteiger partial charge in [-0.1, -0.05) is 0 Å². The summed E-state index contributed by atoms with van der Waals surface area (Å²) in [5, 5.41) is 13.8. The summed E-state index contributed by atoms with van der Waals surface area (Å²) < 4.78 is 0. The number of anilines is 2. The van der Waals surface area contributed by atoms with Gasteiger partial charge in [0.05, 0.1) is 16.3 Å². The summed E-state index contributed by atoms with van der Waals surface area (Å²) in [7, 11) is 0. The summed E-state index contributed by atoms with van der Waals surface area (Å²) in [6.07, 6.45) is 2.55. The van der Waals surface area contributed by atoms with Crippen LogP contribution in [-0.4, -0.2) is 36.0 Å². The fourth-order valence-electron chi connectivity index (χ4n) is 2.18. The van der Waals surface area contributed by atoms with Gasteiger partial charge >= 0.3 is 0 Å². The van der Waals surface area contributed by atoms with E-state index >= 15 is 0 Å². The minimum Gasteiger partial charge on any atom is -0.397 e. The number of nitrogen functional groups attached to an aromatic ring is 1. The van der Waals surface area contributed by atoms with Gasteiger partial charge in [0.1, 0.15) is 0 Å². The van der Waals surface area contributed by atoms with Gasteiger partial charge in [-0.3, -0.25) is 10.1 Å². The summed E-state index contributed by atoms with van der Waals surface area (Å²) >= 11 is 0. The van der Waals surface area contributed by atoms with Crippen molar-refractivity contribution >= 4 is 17.1 Å². The number of hydrogen-bond donors (Lipinski definition) is 2. The normalized spacial score (nSPS) is 15.8. The first-order valence-corrected chi connectivity index (χ1v) is 6.17. The molecule has 1 aromatic carbocycles. The van der Waals surface area contributed by atoms with Gasteiger partial charge in [0.25, 0.3) is 5.69 Å². The highest BCUT2D eigenvalue weighted by molar-refractivity contribution is 5.69. The topological polar surface area (TPSA) is 84.4 Å². The van der Waals surface area contributed by atoms with Crippen molar-refractivity contribution in [3.05, 3.63) is 28.3 Å². The van der Waals surface area contributed by atoms with Gasteiger partial charge in [-0.15, -0.1) is 0 Å². The predicted octanol–water partition coefficient (Wildman–Crippen LogP) is 1.68. The Hall–Kier alpha value is -1.82.